The molecule has 0 atom stereocenters. The molecule has 0 aromatic heterocycles. The van der Waals surface area contributed by atoms with Crippen LogP contribution in [0.1, 0.15) is 6.42 Å². The van der Waals surface area contributed by atoms with Crippen LogP contribution < -0.4 is 0 Å². The average molecular weight is 347 g/mol. The Balaban J connectivity index is 6.14. The topological polar surface area (TPSA) is 0 Å². The molecule has 0 amide bonds. The summed E-state index contributed by atoms with van der Waals surface area (Å²) in [7, 11) is 0. The molecule has 0 nitrogen and oxygen atoms in total. The van der Waals surface area contributed by atoms with Crippen LogP contribution in [-0.2, 0) is 0 Å². The van der Waals surface area contributed by atoms with E-state index in [1.807, 2.05) is 6.92 Å². The van der Waals surface area contributed by atoms with E-state index in [-0.39, 0.29) is 0 Å². The van der Waals surface area contributed by atoms with E-state index >= 15 is 0 Å². The largest absolute Gasteiger partial charge is 0.460 e. The third-order valence-corrected chi connectivity index (χ3v) is 2.31. The molecule has 0 aromatic carbocycles. The minimum atomic E-state index is -7.83. The number of rotatable bonds is 5. The zero-order valence-corrected chi connectivity index (χ0v) is 9.33. The first kappa shape index (κ1) is 20.1. The lowest BCUT2D eigenvalue weighted by Crippen LogP contribution is -2.69. The van der Waals surface area contributed by atoms with E-state index in [0.29, 0.717) is 0 Å². The van der Waals surface area contributed by atoms with Crippen molar-refractivity contribution in [2.45, 2.75) is 42.2 Å². The van der Waals surface area contributed by atoms with Crippen LogP contribution in [0.3, 0.4) is 0 Å². The first-order valence-corrected chi connectivity index (χ1v) is 4.56. The van der Waals surface area contributed by atoms with Gasteiger partial charge in [0, 0.05) is 6.42 Å². The highest BCUT2D eigenvalue weighted by atomic mass is 19.4. The predicted octanol–water partition coefficient (Wildman–Crippen LogP) is 4.95. The Morgan fingerprint density at radius 2 is 0.762 bits per heavy atom. The van der Waals surface area contributed by atoms with Crippen molar-refractivity contribution >= 4 is 0 Å². The standard InChI is InChI=1S/C8H4F13/c1-2-3(9,10)4(11,12)5(13,14)6(15,16)7(17,18)8(19,20)21/h1-2H2. The molecule has 0 bridgehead atoms. The van der Waals surface area contributed by atoms with Crippen molar-refractivity contribution in [3.8, 4) is 0 Å². The zero-order valence-electron chi connectivity index (χ0n) is 9.33. The van der Waals surface area contributed by atoms with Crippen LogP contribution in [0.4, 0.5) is 57.1 Å². The molecule has 1 radical (unpaired) electrons. The summed E-state index contributed by atoms with van der Waals surface area (Å²) < 4.78 is 160. The number of hydrogen-bond donors (Lipinski definition) is 0. The van der Waals surface area contributed by atoms with Crippen LogP contribution >= 0.6 is 0 Å². The second-order valence-electron chi connectivity index (χ2n) is 3.75. The van der Waals surface area contributed by atoms with Gasteiger partial charge < -0.3 is 0 Å². The van der Waals surface area contributed by atoms with Gasteiger partial charge in [-0.05, 0) is 6.92 Å². The lowest BCUT2D eigenvalue weighted by molar-refractivity contribution is -0.439. The van der Waals surface area contributed by atoms with Crippen molar-refractivity contribution in [2.75, 3.05) is 0 Å². The number of alkyl halides is 13. The van der Waals surface area contributed by atoms with E-state index in [1.165, 1.54) is 0 Å². The SMILES string of the molecule is [CH2]CC(F)(F)C(F)(F)C(F)(F)C(F)(F)C(F)(F)C(F)(F)F. The molecule has 0 rings (SSSR count). The van der Waals surface area contributed by atoms with Gasteiger partial charge >= 0.3 is 35.8 Å². The normalized spacial score (nSPS) is 16.3. The third kappa shape index (κ3) is 2.51. The zero-order chi connectivity index (χ0) is 17.7. The predicted molar refractivity (Wildman–Crippen MR) is 40.8 cm³/mol. The summed E-state index contributed by atoms with van der Waals surface area (Å²) in [4.78, 5) is 0. The van der Waals surface area contributed by atoms with Gasteiger partial charge in [0.25, 0.3) is 0 Å². The highest BCUT2D eigenvalue weighted by Gasteiger charge is 2.90. The summed E-state index contributed by atoms with van der Waals surface area (Å²) in [5.41, 5.74) is 0. The molecule has 21 heavy (non-hydrogen) atoms. The lowest BCUT2D eigenvalue weighted by Gasteiger charge is -2.39. The lowest BCUT2D eigenvalue weighted by atomic mass is 9.93. The van der Waals surface area contributed by atoms with E-state index in [4.69, 9.17) is 0 Å². The van der Waals surface area contributed by atoms with Gasteiger partial charge in [-0.25, -0.2) is 0 Å². The van der Waals surface area contributed by atoms with Crippen LogP contribution in [0.5, 0.6) is 0 Å². The van der Waals surface area contributed by atoms with E-state index in [9.17, 15) is 57.1 Å². The maximum absolute atomic E-state index is 12.7. The van der Waals surface area contributed by atoms with Crippen LogP contribution in [-0.4, -0.2) is 35.8 Å². The smallest absolute Gasteiger partial charge is 0.200 e. The molecule has 0 aliphatic carbocycles. The molecule has 0 aromatic rings. The highest BCUT2D eigenvalue weighted by Crippen LogP contribution is 2.60. The Hall–Kier alpha value is -0.910. The van der Waals surface area contributed by atoms with Crippen molar-refractivity contribution in [1.82, 2.24) is 0 Å². The number of halogens is 13. The maximum atomic E-state index is 12.7. The molecule has 0 saturated heterocycles. The first-order chi connectivity index (χ1) is 8.81. The van der Waals surface area contributed by atoms with E-state index < -0.39 is 42.2 Å². The summed E-state index contributed by atoms with van der Waals surface area (Å²) in [6, 6.07) is 0. The minimum Gasteiger partial charge on any atom is -0.200 e. The Kier molecular flexibility index (Phi) is 4.59. The van der Waals surface area contributed by atoms with Crippen molar-refractivity contribution in [3.05, 3.63) is 6.92 Å². The molecule has 0 aliphatic rings. The quantitative estimate of drug-likeness (QED) is 0.618. The Bertz CT molecular complexity index is 376. The van der Waals surface area contributed by atoms with Gasteiger partial charge in [0.1, 0.15) is 0 Å². The molecule has 0 spiro atoms. The van der Waals surface area contributed by atoms with Gasteiger partial charge in [-0.3, -0.25) is 0 Å². The van der Waals surface area contributed by atoms with Crippen LogP contribution in [0.15, 0.2) is 0 Å². The fourth-order valence-electron chi connectivity index (χ4n) is 0.959. The van der Waals surface area contributed by atoms with Gasteiger partial charge in [0.05, 0.1) is 0 Å². The molecular formula is C8H4F13. The molecule has 127 valence electrons. The second-order valence-corrected chi connectivity index (χ2v) is 3.75. The fourth-order valence-corrected chi connectivity index (χ4v) is 0.959. The monoisotopic (exact) mass is 347 g/mol. The van der Waals surface area contributed by atoms with Crippen molar-refractivity contribution < 1.29 is 57.1 Å². The van der Waals surface area contributed by atoms with Gasteiger partial charge in [0.15, 0.2) is 0 Å². The van der Waals surface area contributed by atoms with Gasteiger partial charge in [-0.2, -0.15) is 57.1 Å². The van der Waals surface area contributed by atoms with Crippen LogP contribution in [0, 0.1) is 6.92 Å². The molecule has 0 unspecified atom stereocenters. The van der Waals surface area contributed by atoms with E-state index in [2.05, 4.69) is 0 Å². The summed E-state index contributed by atoms with van der Waals surface area (Å²) in [6.07, 6.45) is -9.83. The number of hydrogen-bond acceptors (Lipinski definition) is 0. The van der Waals surface area contributed by atoms with Crippen LogP contribution in [0.2, 0.25) is 0 Å². The molecule has 0 aliphatic heterocycles. The molecule has 0 saturated carbocycles. The summed E-state index contributed by atoms with van der Waals surface area (Å²) in [5, 5.41) is 0. The van der Waals surface area contributed by atoms with Gasteiger partial charge in [-0.1, -0.05) is 0 Å². The second kappa shape index (κ2) is 4.80. The van der Waals surface area contributed by atoms with E-state index in [1.54, 1.807) is 0 Å². The summed E-state index contributed by atoms with van der Waals surface area (Å²) in [6.45, 7) is 2.01. The van der Waals surface area contributed by atoms with Crippen molar-refractivity contribution in [2.24, 2.45) is 0 Å². The van der Waals surface area contributed by atoms with Crippen molar-refractivity contribution in [3.63, 3.8) is 0 Å². The third-order valence-electron chi connectivity index (χ3n) is 2.31. The molecule has 0 fully saturated rings. The molecule has 0 heterocycles. The summed E-state index contributed by atoms with van der Waals surface area (Å²) in [5.74, 6) is -36.5. The summed E-state index contributed by atoms with van der Waals surface area (Å²) >= 11 is 0. The van der Waals surface area contributed by atoms with Crippen LogP contribution in [0.25, 0.3) is 0 Å². The van der Waals surface area contributed by atoms with Gasteiger partial charge in [-0.15, -0.1) is 0 Å². The Morgan fingerprint density at radius 1 is 0.476 bits per heavy atom. The first-order valence-electron chi connectivity index (χ1n) is 4.56. The average Bonchev–Trinajstić information content (AvgIpc) is 2.26. The fraction of sp³-hybridized carbons (Fsp3) is 0.875. The van der Waals surface area contributed by atoms with Gasteiger partial charge in [0.2, 0.25) is 0 Å². The molecule has 13 heteroatoms. The Morgan fingerprint density at radius 3 is 1.00 bits per heavy atom. The Labute approximate surface area is 107 Å². The molecule has 0 N–H and O–H groups in total. The van der Waals surface area contributed by atoms with Crippen molar-refractivity contribution in [1.29, 1.82) is 0 Å². The van der Waals surface area contributed by atoms with E-state index in [0.717, 1.165) is 0 Å². The molecular weight excluding hydrogens is 343 g/mol. The maximum Gasteiger partial charge on any atom is 0.460 e. The minimum absolute atomic E-state index is 2.01. The highest BCUT2D eigenvalue weighted by molar-refractivity contribution is 5.10.